The molecule has 2 aliphatic heterocycles. The van der Waals surface area contributed by atoms with E-state index < -0.39 is 24.5 Å². The fourth-order valence-electron chi connectivity index (χ4n) is 2.86. The number of azide groups is 1. The maximum absolute atomic E-state index is 10.4. The summed E-state index contributed by atoms with van der Waals surface area (Å²) in [4.78, 5) is 16.8. The number of nitrogen functional groups attached to an aromatic ring is 1. The minimum Gasteiger partial charge on any atom is -0.387 e. The van der Waals surface area contributed by atoms with Crippen LogP contribution in [0.2, 0.25) is 0 Å². The number of aromatic nitrogens is 4. The number of aliphatic hydroxyl groups excluding tert-OH is 2. The molecule has 4 heterocycles. The summed E-state index contributed by atoms with van der Waals surface area (Å²) in [5.41, 5.74) is 15.0. The van der Waals surface area contributed by atoms with E-state index in [0.717, 1.165) is 13.1 Å². The number of aliphatic hydroxyl groups is 2. The largest absolute Gasteiger partial charge is 0.387 e. The van der Waals surface area contributed by atoms with Crippen LogP contribution in [0.15, 0.2) is 11.4 Å². The number of hydrogen-bond donors (Lipinski definition) is 3. The highest BCUT2D eigenvalue weighted by atomic mass is 16.6. The highest BCUT2D eigenvalue weighted by Crippen LogP contribution is 2.36. The molecule has 4 N–H and O–H groups in total. The molecular weight excluding hydrogens is 318 g/mol. The van der Waals surface area contributed by atoms with E-state index in [-0.39, 0.29) is 22.9 Å². The third-order valence-electron chi connectivity index (χ3n) is 4.19. The van der Waals surface area contributed by atoms with Gasteiger partial charge < -0.3 is 20.7 Å². The summed E-state index contributed by atoms with van der Waals surface area (Å²) in [5, 5.41) is 24.2. The maximum Gasteiger partial charge on any atom is 0.201 e. The number of hydrogen-bond acceptors (Lipinski definition) is 9. The Hall–Kier alpha value is -2.50. The van der Waals surface area contributed by atoms with Gasteiger partial charge in [0.25, 0.3) is 0 Å². The van der Waals surface area contributed by atoms with E-state index in [1.165, 1.54) is 10.9 Å². The van der Waals surface area contributed by atoms with Crippen molar-refractivity contribution < 1.29 is 14.9 Å². The summed E-state index contributed by atoms with van der Waals surface area (Å²) in [6, 6.07) is 0. The second-order valence-electron chi connectivity index (χ2n) is 5.75. The average Bonchev–Trinajstić information content (AvgIpc) is 3.25. The molecule has 0 saturated carbocycles. The predicted octanol–water partition coefficient (Wildman–Crippen LogP) is -0.715. The lowest BCUT2D eigenvalue weighted by atomic mass is 10.1. The van der Waals surface area contributed by atoms with E-state index in [0.29, 0.717) is 6.54 Å². The monoisotopic (exact) mass is 333 g/mol. The number of anilines is 1. The summed E-state index contributed by atoms with van der Waals surface area (Å²) in [6.07, 6.45) is -2.63. The van der Waals surface area contributed by atoms with Crippen molar-refractivity contribution in [3.8, 4) is 0 Å². The van der Waals surface area contributed by atoms with E-state index in [1.807, 2.05) is 0 Å². The molecule has 4 atom stereocenters. The first kappa shape index (κ1) is 15.1. The summed E-state index contributed by atoms with van der Waals surface area (Å²) < 4.78 is 7.15. The van der Waals surface area contributed by atoms with E-state index in [2.05, 4.69) is 29.9 Å². The fraction of sp³-hybridized carbons (Fsp3) is 0.583. The van der Waals surface area contributed by atoms with Crippen LogP contribution >= 0.6 is 0 Å². The summed E-state index contributed by atoms with van der Waals surface area (Å²) in [6.45, 7) is 2.39. The Morgan fingerprint density at radius 2 is 2.17 bits per heavy atom. The molecule has 2 aromatic rings. The molecule has 126 valence electrons. The Balaban J connectivity index is 1.78. The van der Waals surface area contributed by atoms with Gasteiger partial charge >= 0.3 is 0 Å². The minimum absolute atomic E-state index is 0.0664. The lowest BCUT2D eigenvalue weighted by Crippen LogP contribution is -2.35. The molecule has 12 heteroatoms. The lowest BCUT2D eigenvalue weighted by Gasteiger charge is -2.18. The number of nitrogens with zero attached hydrogens (tertiary/aromatic N) is 8. The third-order valence-corrected chi connectivity index (χ3v) is 4.19. The zero-order chi connectivity index (χ0) is 16.8. The number of imidazole rings is 1. The molecule has 2 fully saturated rings. The molecule has 12 nitrogen and oxygen atoms in total. The zero-order valence-corrected chi connectivity index (χ0v) is 12.5. The van der Waals surface area contributed by atoms with Crippen molar-refractivity contribution in [1.82, 2.24) is 24.4 Å². The molecule has 2 unspecified atom stereocenters. The van der Waals surface area contributed by atoms with Crippen molar-refractivity contribution in [3.05, 3.63) is 16.8 Å². The van der Waals surface area contributed by atoms with Crippen molar-refractivity contribution in [3.63, 3.8) is 0 Å². The first-order valence-corrected chi connectivity index (χ1v) is 7.37. The molecule has 2 aliphatic rings. The van der Waals surface area contributed by atoms with Crippen molar-refractivity contribution in [2.75, 3.05) is 25.4 Å². The zero-order valence-electron chi connectivity index (χ0n) is 12.5. The van der Waals surface area contributed by atoms with Gasteiger partial charge in [0.15, 0.2) is 23.2 Å². The molecule has 0 bridgehead atoms. The Bertz CT molecular complexity index is 829. The fourth-order valence-corrected chi connectivity index (χ4v) is 2.86. The van der Waals surface area contributed by atoms with E-state index in [9.17, 15) is 10.2 Å². The quantitative estimate of drug-likeness (QED) is 0.285. The van der Waals surface area contributed by atoms with Gasteiger partial charge in [0.2, 0.25) is 5.95 Å². The SMILES string of the molecule is [N-]=[N+]=Nc1nc2c(N)ncnc2n1[C@@H]1O[C@H](CN2CC2)C(O)C1O. The van der Waals surface area contributed by atoms with Gasteiger partial charge in [-0.2, -0.15) is 0 Å². The first-order valence-electron chi connectivity index (χ1n) is 7.37. The summed E-state index contributed by atoms with van der Waals surface area (Å²) >= 11 is 0. The first-order chi connectivity index (χ1) is 11.6. The van der Waals surface area contributed by atoms with Gasteiger partial charge in [-0.25, -0.2) is 15.0 Å². The van der Waals surface area contributed by atoms with Crippen molar-refractivity contribution in [2.45, 2.75) is 24.5 Å². The molecule has 4 rings (SSSR count). The number of fused-ring (bicyclic) bond motifs is 1. The molecule has 0 amide bonds. The molecule has 24 heavy (non-hydrogen) atoms. The number of rotatable bonds is 4. The van der Waals surface area contributed by atoms with Crippen LogP contribution in [0, 0.1) is 0 Å². The Kier molecular flexibility index (Phi) is 3.48. The Labute approximate surface area is 135 Å². The van der Waals surface area contributed by atoms with E-state index in [4.69, 9.17) is 16.0 Å². The molecule has 0 spiro atoms. The molecule has 2 saturated heterocycles. The van der Waals surface area contributed by atoms with Crippen LogP contribution in [-0.2, 0) is 4.74 Å². The van der Waals surface area contributed by atoms with E-state index >= 15 is 0 Å². The molecule has 0 aromatic carbocycles. The van der Waals surface area contributed by atoms with Gasteiger partial charge in [-0.1, -0.05) is 0 Å². The van der Waals surface area contributed by atoms with Crippen LogP contribution in [0.1, 0.15) is 6.23 Å². The third kappa shape index (κ3) is 2.33. The van der Waals surface area contributed by atoms with Gasteiger partial charge in [0, 0.05) is 24.5 Å². The van der Waals surface area contributed by atoms with Crippen molar-refractivity contribution in [2.24, 2.45) is 5.11 Å². The highest BCUT2D eigenvalue weighted by Gasteiger charge is 2.46. The van der Waals surface area contributed by atoms with Crippen LogP contribution in [0.3, 0.4) is 0 Å². The predicted molar refractivity (Wildman–Crippen MR) is 80.9 cm³/mol. The molecule has 0 radical (unpaired) electrons. The van der Waals surface area contributed by atoms with Gasteiger partial charge in [-0.15, -0.1) is 0 Å². The van der Waals surface area contributed by atoms with Crippen molar-refractivity contribution in [1.29, 1.82) is 0 Å². The Morgan fingerprint density at radius 3 is 2.88 bits per heavy atom. The van der Waals surface area contributed by atoms with Crippen LogP contribution in [0.25, 0.3) is 21.6 Å². The van der Waals surface area contributed by atoms with Crippen LogP contribution in [0.4, 0.5) is 11.8 Å². The van der Waals surface area contributed by atoms with Gasteiger partial charge in [-0.05, 0) is 10.6 Å². The van der Waals surface area contributed by atoms with Crippen LogP contribution in [-0.4, -0.2) is 72.6 Å². The van der Waals surface area contributed by atoms with Crippen LogP contribution < -0.4 is 5.73 Å². The van der Waals surface area contributed by atoms with Crippen LogP contribution in [0.5, 0.6) is 0 Å². The minimum atomic E-state index is -1.23. The maximum atomic E-state index is 10.4. The molecular formula is C12H15N9O3. The summed E-state index contributed by atoms with van der Waals surface area (Å²) in [5.74, 6) is 0.0464. The van der Waals surface area contributed by atoms with Gasteiger partial charge in [0.1, 0.15) is 24.6 Å². The second kappa shape index (κ2) is 5.54. The average molecular weight is 333 g/mol. The van der Waals surface area contributed by atoms with Crippen molar-refractivity contribution >= 4 is 22.9 Å². The highest BCUT2D eigenvalue weighted by molar-refractivity contribution is 5.83. The van der Waals surface area contributed by atoms with Gasteiger partial charge in [-0.3, -0.25) is 9.47 Å². The second-order valence-corrected chi connectivity index (χ2v) is 5.75. The Morgan fingerprint density at radius 1 is 1.38 bits per heavy atom. The molecule has 2 aromatic heterocycles. The number of nitrogens with two attached hydrogens (primary N) is 1. The van der Waals surface area contributed by atoms with Gasteiger partial charge in [0.05, 0.1) is 0 Å². The summed E-state index contributed by atoms with van der Waals surface area (Å²) in [7, 11) is 0. The topological polar surface area (TPSA) is 171 Å². The standard InChI is InChI=1S/C12H15N9O3/c13-9-6-10(16-4-15-9)21(12(17-6)18-19-14)11-8(23)7(22)5(24-11)3-20-1-2-20/h4-5,7-8,11,22-23H,1-3H2,(H2,13,15,16)/t5-,7?,8?,11-/m1/s1. The van der Waals surface area contributed by atoms with E-state index in [1.54, 1.807) is 0 Å². The lowest BCUT2D eigenvalue weighted by molar-refractivity contribution is -0.0365. The number of ether oxygens (including phenoxy) is 1. The molecule has 0 aliphatic carbocycles. The smallest absolute Gasteiger partial charge is 0.201 e. The normalized spacial score (nSPS) is 29.8.